The summed E-state index contributed by atoms with van der Waals surface area (Å²) in [4.78, 5) is 29.4. The van der Waals surface area contributed by atoms with Crippen molar-refractivity contribution in [2.24, 2.45) is 0 Å². The molecule has 1 aliphatic heterocycles. The SMILES string of the molecule is COc1cc(C=C2SC(=S)N(c3ccc(N(C)C)cc3)C2=O)ccc1OCC(=O)Nc1ccccc1. The summed E-state index contributed by atoms with van der Waals surface area (Å²) in [6.45, 7) is -0.171. The van der Waals surface area contributed by atoms with Crippen molar-refractivity contribution in [3.05, 3.63) is 83.3 Å². The van der Waals surface area contributed by atoms with Crippen molar-refractivity contribution in [1.82, 2.24) is 0 Å². The lowest BCUT2D eigenvalue weighted by Gasteiger charge is -2.17. The summed E-state index contributed by atoms with van der Waals surface area (Å²) in [7, 11) is 5.44. The fourth-order valence-corrected chi connectivity index (χ4v) is 4.80. The number of carbonyl (C=O) groups is 2. The number of hydrogen-bond acceptors (Lipinski definition) is 7. The minimum Gasteiger partial charge on any atom is -0.493 e. The van der Waals surface area contributed by atoms with E-state index in [1.807, 2.05) is 61.5 Å². The lowest BCUT2D eigenvalue weighted by Crippen LogP contribution is -2.27. The molecule has 1 aliphatic rings. The van der Waals surface area contributed by atoms with Crippen molar-refractivity contribution in [2.75, 3.05) is 42.9 Å². The standard InChI is InChI=1S/C27H25N3O4S2/c1-29(2)20-10-12-21(13-11-20)30-26(32)24(36-27(30)35)16-18-9-14-22(23(15-18)33-3)34-17-25(31)28-19-7-5-4-6-8-19/h4-16H,17H2,1-3H3,(H,28,31). The average Bonchev–Trinajstić information content (AvgIpc) is 3.16. The maximum Gasteiger partial charge on any atom is 0.270 e. The van der Waals surface area contributed by atoms with E-state index in [0.717, 1.165) is 16.9 Å². The highest BCUT2D eigenvalue weighted by Crippen LogP contribution is 2.37. The molecule has 0 atom stereocenters. The number of nitrogens with one attached hydrogen (secondary N) is 1. The van der Waals surface area contributed by atoms with Gasteiger partial charge in [0.1, 0.15) is 0 Å². The van der Waals surface area contributed by atoms with Crippen molar-refractivity contribution < 1.29 is 19.1 Å². The first-order valence-electron chi connectivity index (χ1n) is 11.1. The van der Waals surface area contributed by atoms with Gasteiger partial charge in [-0.2, -0.15) is 0 Å². The zero-order chi connectivity index (χ0) is 25.7. The van der Waals surface area contributed by atoms with E-state index >= 15 is 0 Å². The van der Waals surface area contributed by atoms with Gasteiger partial charge in [0.15, 0.2) is 22.4 Å². The molecule has 0 spiro atoms. The zero-order valence-electron chi connectivity index (χ0n) is 20.1. The number of hydrogen-bond donors (Lipinski definition) is 1. The van der Waals surface area contributed by atoms with Crippen LogP contribution in [0.15, 0.2) is 77.7 Å². The van der Waals surface area contributed by atoms with Gasteiger partial charge in [-0.25, -0.2) is 0 Å². The molecule has 3 aromatic rings. The maximum absolute atomic E-state index is 13.1. The summed E-state index contributed by atoms with van der Waals surface area (Å²) in [6.07, 6.45) is 1.77. The molecule has 2 amide bonds. The van der Waals surface area contributed by atoms with Crippen LogP contribution in [0.4, 0.5) is 17.1 Å². The number of methoxy groups -OCH3 is 1. The van der Waals surface area contributed by atoms with Gasteiger partial charge in [-0.3, -0.25) is 14.5 Å². The number of para-hydroxylation sites is 1. The van der Waals surface area contributed by atoms with E-state index < -0.39 is 0 Å². The number of thiocarbonyl (C=S) groups is 1. The highest BCUT2D eigenvalue weighted by atomic mass is 32.2. The normalized spacial score (nSPS) is 14.2. The summed E-state index contributed by atoms with van der Waals surface area (Å²) in [5.74, 6) is 0.409. The lowest BCUT2D eigenvalue weighted by atomic mass is 10.1. The minimum absolute atomic E-state index is 0.171. The molecule has 3 aromatic carbocycles. The van der Waals surface area contributed by atoms with Crippen molar-refractivity contribution in [3.63, 3.8) is 0 Å². The highest BCUT2D eigenvalue weighted by Gasteiger charge is 2.33. The van der Waals surface area contributed by atoms with Crippen LogP contribution in [0.1, 0.15) is 5.56 Å². The van der Waals surface area contributed by atoms with Gasteiger partial charge >= 0.3 is 0 Å². The molecule has 9 heteroatoms. The topological polar surface area (TPSA) is 71.1 Å². The molecule has 0 radical (unpaired) electrons. The quantitative estimate of drug-likeness (QED) is 0.325. The molecule has 1 N–H and O–H groups in total. The first-order valence-corrected chi connectivity index (χ1v) is 12.3. The number of rotatable bonds is 8. The lowest BCUT2D eigenvalue weighted by molar-refractivity contribution is -0.118. The predicted octanol–water partition coefficient (Wildman–Crippen LogP) is 5.18. The Morgan fingerprint density at radius 3 is 2.44 bits per heavy atom. The molecule has 0 saturated carbocycles. The van der Waals surface area contributed by atoms with Gasteiger partial charge in [0, 0.05) is 25.5 Å². The second-order valence-corrected chi connectivity index (χ2v) is 9.72. The van der Waals surface area contributed by atoms with Crippen LogP contribution in [0, 0.1) is 0 Å². The van der Waals surface area contributed by atoms with E-state index in [-0.39, 0.29) is 18.4 Å². The summed E-state index contributed by atoms with van der Waals surface area (Å²) in [5, 5.41) is 2.77. The number of carbonyl (C=O) groups excluding carboxylic acids is 2. The molecule has 0 aromatic heterocycles. The highest BCUT2D eigenvalue weighted by molar-refractivity contribution is 8.27. The molecular formula is C27H25N3O4S2. The number of ether oxygens (including phenoxy) is 2. The average molecular weight is 520 g/mol. The first kappa shape index (κ1) is 25.3. The molecule has 0 unspecified atom stereocenters. The van der Waals surface area contributed by atoms with E-state index in [1.54, 1.807) is 36.4 Å². The van der Waals surface area contributed by atoms with Crippen molar-refractivity contribution >= 4 is 63.3 Å². The van der Waals surface area contributed by atoms with E-state index in [9.17, 15) is 9.59 Å². The molecular weight excluding hydrogens is 494 g/mol. The molecule has 1 heterocycles. The van der Waals surface area contributed by atoms with Crippen molar-refractivity contribution in [1.29, 1.82) is 0 Å². The largest absolute Gasteiger partial charge is 0.493 e. The van der Waals surface area contributed by atoms with Crippen LogP contribution in [-0.4, -0.2) is 43.9 Å². The monoisotopic (exact) mass is 519 g/mol. The number of nitrogens with zero attached hydrogens (tertiary/aromatic N) is 2. The van der Waals surface area contributed by atoms with Crippen LogP contribution in [0.3, 0.4) is 0 Å². The van der Waals surface area contributed by atoms with Gasteiger partial charge < -0.3 is 19.7 Å². The molecule has 7 nitrogen and oxygen atoms in total. The van der Waals surface area contributed by atoms with E-state index in [1.165, 1.54) is 23.8 Å². The summed E-state index contributed by atoms with van der Waals surface area (Å²) in [5.41, 5.74) is 3.20. The molecule has 4 rings (SSSR count). The zero-order valence-corrected chi connectivity index (χ0v) is 21.7. The Kier molecular flexibility index (Phi) is 7.92. The molecule has 36 heavy (non-hydrogen) atoms. The number of anilines is 3. The van der Waals surface area contributed by atoms with Crippen molar-refractivity contribution in [3.8, 4) is 11.5 Å². The van der Waals surface area contributed by atoms with Gasteiger partial charge in [0.05, 0.1) is 17.7 Å². The Labute approximate surface area is 219 Å². The third kappa shape index (κ3) is 5.87. The second kappa shape index (κ2) is 11.3. The molecule has 0 bridgehead atoms. The van der Waals surface area contributed by atoms with E-state index in [2.05, 4.69) is 5.32 Å². The van der Waals surface area contributed by atoms with Gasteiger partial charge in [0.2, 0.25) is 0 Å². The van der Waals surface area contributed by atoms with Crippen LogP contribution in [0.25, 0.3) is 6.08 Å². The van der Waals surface area contributed by atoms with E-state index in [0.29, 0.717) is 26.4 Å². The summed E-state index contributed by atoms with van der Waals surface area (Å²) < 4.78 is 11.6. The van der Waals surface area contributed by atoms with Crippen LogP contribution in [0.5, 0.6) is 11.5 Å². The fraction of sp³-hybridized carbons (Fsp3) is 0.148. The molecule has 1 fully saturated rings. The van der Waals surface area contributed by atoms with E-state index in [4.69, 9.17) is 21.7 Å². The molecule has 184 valence electrons. The minimum atomic E-state index is -0.283. The van der Waals surface area contributed by atoms with Crippen LogP contribution in [-0.2, 0) is 9.59 Å². The van der Waals surface area contributed by atoms with Gasteiger partial charge in [0.25, 0.3) is 11.8 Å². The fourth-order valence-electron chi connectivity index (χ4n) is 3.50. The number of amides is 2. The Morgan fingerprint density at radius 2 is 1.78 bits per heavy atom. The summed E-state index contributed by atoms with van der Waals surface area (Å²) >= 11 is 6.73. The van der Waals surface area contributed by atoms with Crippen LogP contribution >= 0.6 is 24.0 Å². The Morgan fingerprint density at radius 1 is 1.06 bits per heavy atom. The Hall–Kier alpha value is -3.82. The van der Waals surface area contributed by atoms with Crippen molar-refractivity contribution in [2.45, 2.75) is 0 Å². The van der Waals surface area contributed by atoms with Gasteiger partial charge in [-0.1, -0.05) is 48.2 Å². The third-order valence-corrected chi connectivity index (χ3v) is 6.62. The van der Waals surface area contributed by atoms with Crippen LogP contribution < -0.4 is 24.6 Å². The maximum atomic E-state index is 13.1. The molecule has 0 aliphatic carbocycles. The smallest absolute Gasteiger partial charge is 0.270 e. The first-order chi connectivity index (χ1) is 17.4. The summed E-state index contributed by atoms with van der Waals surface area (Å²) in [6, 6.07) is 22.1. The van der Waals surface area contributed by atoms with Gasteiger partial charge in [-0.05, 0) is 60.2 Å². The Balaban J connectivity index is 1.45. The number of thioether (sulfide) groups is 1. The third-order valence-electron chi connectivity index (χ3n) is 5.32. The molecule has 1 saturated heterocycles. The number of benzene rings is 3. The Bertz CT molecular complexity index is 1310. The second-order valence-electron chi connectivity index (χ2n) is 8.04. The van der Waals surface area contributed by atoms with Crippen LogP contribution in [0.2, 0.25) is 0 Å². The van der Waals surface area contributed by atoms with Gasteiger partial charge in [-0.15, -0.1) is 0 Å². The predicted molar refractivity (Wildman–Crippen MR) is 150 cm³/mol.